The molecule has 17 heavy (non-hydrogen) atoms. The fourth-order valence-electron chi connectivity index (χ4n) is 1.59. The van der Waals surface area contributed by atoms with Gasteiger partial charge in [0, 0.05) is 11.1 Å². The second-order valence-corrected chi connectivity index (χ2v) is 3.55. The fraction of sp³-hybridized carbons (Fsp3) is 0. The van der Waals surface area contributed by atoms with Crippen LogP contribution in [0.1, 0.15) is 10.4 Å². The van der Waals surface area contributed by atoms with Crippen molar-refractivity contribution < 1.29 is 20.1 Å². The number of phenols is 2. The van der Waals surface area contributed by atoms with Gasteiger partial charge in [0.15, 0.2) is 0 Å². The van der Waals surface area contributed by atoms with Gasteiger partial charge < -0.3 is 15.3 Å². The molecular formula is C13H10O4. The number of hydrogen-bond acceptors (Lipinski definition) is 3. The van der Waals surface area contributed by atoms with E-state index in [1.54, 1.807) is 18.2 Å². The number of rotatable bonds is 2. The number of aromatic carboxylic acids is 1. The van der Waals surface area contributed by atoms with E-state index in [0.29, 0.717) is 11.1 Å². The van der Waals surface area contributed by atoms with Gasteiger partial charge in [-0.1, -0.05) is 18.2 Å². The Labute approximate surface area is 97.4 Å². The highest BCUT2D eigenvalue weighted by atomic mass is 16.4. The Morgan fingerprint density at radius 2 is 1.53 bits per heavy atom. The number of hydrogen-bond donors (Lipinski definition) is 3. The van der Waals surface area contributed by atoms with Crippen LogP contribution in [-0.4, -0.2) is 21.3 Å². The molecular weight excluding hydrogens is 220 g/mol. The maximum atomic E-state index is 10.8. The van der Waals surface area contributed by atoms with Crippen LogP contribution in [0, 0.1) is 0 Å². The van der Waals surface area contributed by atoms with Gasteiger partial charge in [0.1, 0.15) is 11.5 Å². The van der Waals surface area contributed by atoms with Crippen molar-refractivity contribution in [2.24, 2.45) is 0 Å². The van der Waals surface area contributed by atoms with Gasteiger partial charge in [-0.3, -0.25) is 0 Å². The largest absolute Gasteiger partial charge is 0.507 e. The number of carbonyl (C=O) groups is 1. The molecule has 0 radical (unpaired) electrons. The first kappa shape index (κ1) is 11.0. The van der Waals surface area contributed by atoms with Crippen molar-refractivity contribution in [2.45, 2.75) is 0 Å². The number of phenolic OH excluding ortho intramolecular Hbond substituents is 2. The number of carboxylic acid groups (broad SMARTS) is 1. The summed E-state index contributed by atoms with van der Waals surface area (Å²) in [4.78, 5) is 10.8. The first-order valence-corrected chi connectivity index (χ1v) is 4.94. The molecule has 0 spiro atoms. The standard InChI is InChI=1S/C13H10O4/c14-11-4-2-1-3-9(11)10-7-8(13(16)17)5-6-12(10)15/h1-7,14-15H,(H,16,17). The molecule has 0 aliphatic heterocycles. The van der Waals surface area contributed by atoms with Crippen LogP contribution in [0.25, 0.3) is 11.1 Å². The highest BCUT2D eigenvalue weighted by molar-refractivity contribution is 5.91. The lowest BCUT2D eigenvalue weighted by molar-refractivity contribution is 0.0697. The molecule has 0 aliphatic carbocycles. The van der Waals surface area contributed by atoms with Gasteiger partial charge in [0.25, 0.3) is 0 Å². The molecule has 0 unspecified atom stereocenters. The molecule has 0 atom stereocenters. The van der Waals surface area contributed by atoms with Crippen molar-refractivity contribution in [1.29, 1.82) is 0 Å². The predicted molar refractivity (Wildman–Crippen MR) is 62.2 cm³/mol. The van der Waals surface area contributed by atoms with Crippen molar-refractivity contribution in [1.82, 2.24) is 0 Å². The van der Waals surface area contributed by atoms with Crippen LogP contribution in [0.5, 0.6) is 11.5 Å². The first-order chi connectivity index (χ1) is 8.09. The average Bonchev–Trinajstić information content (AvgIpc) is 2.30. The minimum atomic E-state index is -1.08. The van der Waals surface area contributed by atoms with Gasteiger partial charge in [-0.25, -0.2) is 4.79 Å². The maximum Gasteiger partial charge on any atom is 0.335 e. The maximum absolute atomic E-state index is 10.8. The lowest BCUT2D eigenvalue weighted by atomic mass is 10.0. The van der Waals surface area contributed by atoms with E-state index in [9.17, 15) is 15.0 Å². The summed E-state index contributed by atoms with van der Waals surface area (Å²) in [5, 5.41) is 28.2. The summed E-state index contributed by atoms with van der Waals surface area (Å²) in [6, 6.07) is 10.4. The van der Waals surface area contributed by atoms with E-state index in [4.69, 9.17) is 5.11 Å². The minimum Gasteiger partial charge on any atom is -0.507 e. The average molecular weight is 230 g/mol. The van der Waals surface area contributed by atoms with Crippen LogP contribution in [0.4, 0.5) is 0 Å². The molecule has 4 nitrogen and oxygen atoms in total. The number of para-hydroxylation sites is 1. The smallest absolute Gasteiger partial charge is 0.335 e. The van der Waals surface area contributed by atoms with Crippen LogP contribution in [0.3, 0.4) is 0 Å². The Morgan fingerprint density at radius 1 is 0.882 bits per heavy atom. The van der Waals surface area contributed by atoms with E-state index in [2.05, 4.69) is 0 Å². The Bertz CT molecular complexity index is 575. The normalized spacial score (nSPS) is 10.1. The van der Waals surface area contributed by atoms with Crippen molar-refractivity contribution in [3.63, 3.8) is 0 Å². The zero-order valence-corrected chi connectivity index (χ0v) is 8.79. The zero-order valence-electron chi connectivity index (χ0n) is 8.79. The van der Waals surface area contributed by atoms with Crippen molar-refractivity contribution in [3.05, 3.63) is 48.0 Å². The zero-order chi connectivity index (χ0) is 12.4. The van der Waals surface area contributed by atoms with E-state index in [1.165, 1.54) is 24.3 Å². The second kappa shape index (κ2) is 4.17. The Kier molecular flexibility index (Phi) is 2.70. The van der Waals surface area contributed by atoms with Gasteiger partial charge in [0.2, 0.25) is 0 Å². The summed E-state index contributed by atoms with van der Waals surface area (Å²) in [6.45, 7) is 0. The molecule has 0 aliphatic rings. The topological polar surface area (TPSA) is 77.8 Å². The summed E-state index contributed by atoms with van der Waals surface area (Å²) < 4.78 is 0. The predicted octanol–water partition coefficient (Wildman–Crippen LogP) is 2.46. The van der Waals surface area contributed by atoms with Crippen LogP contribution in [0.15, 0.2) is 42.5 Å². The Balaban J connectivity index is 2.63. The summed E-state index contributed by atoms with van der Waals surface area (Å²) >= 11 is 0. The van der Waals surface area contributed by atoms with Crippen molar-refractivity contribution in [3.8, 4) is 22.6 Å². The molecule has 2 rings (SSSR count). The van der Waals surface area contributed by atoms with Gasteiger partial charge in [-0.15, -0.1) is 0 Å². The number of aromatic hydroxyl groups is 2. The Morgan fingerprint density at radius 3 is 2.18 bits per heavy atom. The lowest BCUT2D eigenvalue weighted by Crippen LogP contribution is -1.96. The van der Waals surface area contributed by atoms with Crippen LogP contribution in [-0.2, 0) is 0 Å². The minimum absolute atomic E-state index is 0.00895. The van der Waals surface area contributed by atoms with E-state index in [1.807, 2.05) is 0 Å². The van der Waals surface area contributed by atoms with E-state index >= 15 is 0 Å². The van der Waals surface area contributed by atoms with E-state index in [0.717, 1.165) is 0 Å². The molecule has 0 heterocycles. The molecule has 0 amide bonds. The van der Waals surface area contributed by atoms with Gasteiger partial charge >= 0.3 is 5.97 Å². The summed E-state index contributed by atoms with van der Waals surface area (Å²) in [6.07, 6.45) is 0. The molecule has 4 heteroatoms. The Hall–Kier alpha value is -2.49. The summed E-state index contributed by atoms with van der Waals surface area (Å²) in [7, 11) is 0. The first-order valence-electron chi connectivity index (χ1n) is 4.94. The molecule has 86 valence electrons. The van der Waals surface area contributed by atoms with Gasteiger partial charge in [-0.2, -0.15) is 0 Å². The molecule has 2 aromatic rings. The van der Waals surface area contributed by atoms with Crippen LogP contribution in [0.2, 0.25) is 0 Å². The third-order valence-electron chi connectivity index (χ3n) is 2.44. The molecule has 0 fully saturated rings. The summed E-state index contributed by atoms with van der Waals surface area (Å²) in [5.74, 6) is -1.16. The van der Waals surface area contributed by atoms with Crippen molar-refractivity contribution >= 4 is 5.97 Å². The van der Waals surface area contributed by atoms with Gasteiger partial charge in [-0.05, 0) is 24.3 Å². The van der Waals surface area contributed by atoms with Crippen LogP contribution < -0.4 is 0 Å². The third kappa shape index (κ3) is 2.06. The highest BCUT2D eigenvalue weighted by Crippen LogP contribution is 2.35. The molecule has 2 aromatic carbocycles. The molecule has 3 N–H and O–H groups in total. The molecule has 0 saturated heterocycles. The van der Waals surface area contributed by atoms with E-state index in [-0.39, 0.29) is 17.1 Å². The molecule has 0 bridgehead atoms. The number of carboxylic acids is 1. The summed E-state index contributed by atoms with van der Waals surface area (Å²) in [5.41, 5.74) is 0.747. The number of benzene rings is 2. The van der Waals surface area contributed by atoms with Crippen LogP contribution >= 0.6 is 0 Å². The third-order valence-corrected chi connectivity index (χ3v) is 2.44. The lowest BCUT2D eigenvalue weighted by Gasteiger charge is -2.07. The SMILES string of the molecule is O=C(O)c1ccc(O)c(-c2ccccc2O)c1. The molecule has 0 saturated carbocycles. The van der Waals surface area contributed by atoms with Gasteiger partial charge in [0.05, 0.1) is 5.56 Å². The van der Waals surface area contributed by atoms with Crippen molar-refractivity contribution in [2.75, 3.05) is 0 Å². The quantitative estimate of drug-likeness (QED) is 0.740. The van der Waals surface area contributed by atoms with E-state index < -0.39 is 5.97 Å². The second-order valence-electron chi connectivity index (χ2n) is 3.55. The molecule has 0 aromatic heterocycles. The highest BCUT2D eigenvalue weighted by Gasteiger charge is 2.11. The monoisotopic (exact) mass is 230 g/mol. The fourth-order valence-corrected chi connectivity index (χ4v) is 1.59.